The zero-order valence-corrected chi connectivity index (χ0v) is 10.5. The molecule has 1 aliphatic heterocycles. The Morgan fingerprint density at radius 1 is 1.18 bits per heavy atom. The van der Waals surface area contributed by atoms with E-state index in [1.807, 2.05) is 0 Å². The van der Waals surface area contributed by atoms with Crippen LogP contribution in [0.1, 0.15) is 38.5 Å². The standard InChI is InChI=1S/C13H24N2O2/c16-9-11-4-2-1-3-10(11)7-14-8-12-5-6-13(17)15-12/h10-12,14,16H,1-9H2,(H,15,17). The second-order valence-corrected chi connectivity index (χ2v) is 5.45. The molecule has 0 aromatic rings. The summed E-state index contributed by atoms with van der Waals surface area (Å²) < 4.78 is 0. The molecular formula is C13H24N2O2. The van der Waals surface area contributed by atoms with E-state index < -0.39 is 0 Å². The first-order chi connectivity index (χ1) is 8.29. The van der Waals surface area contributed by atoms with E-state index in [2.05, 4.69) is 10.6 Å². The summed E-state index contributed by atoms with van der Waals surface area (Å²) in [6.07, 6.45) is 6.59. The lowest BCUT2D eigenvalue weighted by Gasteiger charge is -2.30. The van der Waals surface area contributed by atoms with Gasteiger partial charge in [-0.3, -0.25) is 4.79 Å². The van der Waals surface area contributed by atoms with Crippen molar-refractivity contribution in [3.05, 3.63) is 0 Å². The van der Waals surface area contributed by atoms with E-state index >= 15 is 0 Å². The van der Waals surface area contributed by atoms with Crippen molar-refractivity contribution < 1.29 is 9.90 Å². The summed E-state index contributed by atoms with van der Waals surface area (Å²) in [5.41, 5.74) is 0. The van der Waals surface area contributed by atoms with Gasteiger partial charge in [0, 0.05) is 25.6 Å². The Kier molecular flexibility index (Phi) is 4.80. The Bertz CT molecular complexity index is 258. The quantitative estimate of drug-likeness (QED) is 0.661. The van der Waals surface area contributed by atoms with Gasteiger partial charge in [-0.15, -0.1) is 0 Å². The van der Waals surface area contributed by atoms with E-state index in [4.69, 9.17) is 0 Å². The molecule has 0 spiro atoms. The zero-order chi connectivity index (χ0) is 12.1. The molecule has 3 N–H and O–H groups in total. The van der Waals surface area contributed by atoms with Crippen molar-refractivity contribution in [1.29, 1.82) is 0 Å². The molecule has 0 aromatic carbocycles. The number of carbonyl (C=O) groups is 1. The van der Waals surface area contributed by atoms with Crippen molar-refractivity contribution >= 4 is 5.91 Å². The SMILES string of the molecule is O=C1CCC(CNCC2CCCCC2CO)N1. The molecule has 2 fully saturated rings. The second kappa shape index (κ2) is 6.36. The third-order valence-corrected chi connectivity index (χ3v) is 4.18. The predicted octanol–water partition coefficient (Wildman–Crippen LogP) is 0.653. The minimum Gasteiger partial charge on any atom is -0.396 e. The third kappa shape index (κ3) is 3.68. The molecule has 0 radical (unpaired) electrons. The summed E-state index contributed by atoms with van der Waals surface area (Å²) in [6, 6.07) is 0.318. The first kappa shape index (κ1) is 12.8. The highest BCUT2D eigenvalue weighted by Gasteiger charge is 2.25. The molecule has 17 heavy (non-hydrogen) atoms. The lowest BCUT2D eigenvalue weighted by Crippen LogP contribution is -2.39. The number of aliphatic hydroxyl groups excluding tert-OH is 1. The summed E-state index contributed by atoms with van der Waals surface area (Å²) in [7, 11) is 0. The van der Waals surface area contributed by atoms with Crippen molar-refractivity contribution in [3.8, 4) is 0 Å². The minimum absolute atomic E-state index is 0.183. The van der Waals surface area contributed by atoms with E-state index in [1.54, 1.807) is 0 Å². The van der Waals surface area contributed by atoms with Gasteiger partial charge in [-0.05, 0) is 37.6 Å². The fraction of sp³-hybridized carbons (Fsp3) is 0.923. The second-order valence-electron chi connectivity index (χ2n) is 5.45. The van der Waals surface area contributed by atoms with Crippen LogP contribution in [-0.4, -0.2) is 36.8 Å². The molecule has 1 amide bonds. The van der Waals surface area contributed by atoms with Gasteiger partial charge >= 0.3 is 0 Å². The number of hydrogen-bond acceptors (Lipinski definition) is 3. The largest absolute Gasteiger partial charge is 0.396 e. The fourth-order valence-electron chi connectivity index (χ4n) is 3.07. The summed E-state index contributed by atoms with van der Waals surface area (Å²) in [4.78, 5) is 11.0. The lowest BCUT2D eigenvalue weighted by atomic mass is 9.79. The highest BCUT2D eigenvalue weighted by Crippen LogP contribution is 2.29. The average Bonchev–Trinajstić information content (AvgIpc) is 2.76. The molecule has 2 rings (SSSR count). The molecule has 1 saturated heterocycles. The normalized spacial score (nSPS) is 33.7. The molecule has 2 aliphatic rings. The predicted molar refractivity (Wildman–Crippen MR) is 66.6 cm³/mol. The molecule has 1 aliphatic carbocycles. The number of rotatable bonds is 5. The van der Waals surface area contributed by atoms with Crippen LogP contribution in [-0.2, 0) is 4.79 Å². The molecule has 98 valence electrons. The van der Waals surface area contributed by atoms with Gasteiger partial charge < -0.3 is 15.7 Å². The third-order valence-electron chi connectivity index (χ3n) is 4.18. The van der Waals surface area contributed by atoms with Gasteiger partial charge in [-0.1, -0.05) is 12.8 Å². The summed E-state index contributed by atoms with van der Waals surface area (Å²) in [6.45, 7) is 2.19. The maximum Gasteiger partial charge on any atom is 0.220 e. The van der Waals surface area contributed by atoms with Crippen LogP contribution in [0.15, 0.2) is 0 Å². The molecular weight excluding hydrogens is 216 g/mol. The van der Waals surface area contributed by atoms with Crippen LogP contribution in [0.5, 0.6) is 0 Å². The number of carbonyl (C=O) groups excluding carboxylic acids is 1. The molecule has 3 atom stereocenters. The van der Waals surface area contributed by atoms with Crippen LogP contribution in [0.25, 0.3) is 0 Å². The first-order valence-electron chi connectivity index (χ1n) is 6.90. The maximum atomic E-state index is 11.0. The van der Waals surface area contributed by atoms with Gasteiger partial charge in [0.15, 0.2) is 0 Å². The number of aliphatic hydroxyl groups is 1. The summed E-state index contributed by atoms with van der Waals surface area (Å²) in [5, 5.41) is 15.7. The van der Waals surface area contributed by atoms with E-state index in [-0.39, 0.29) is 5.91 Å². The highest BCUT2D eigenvalue weighted by molar-refractivity contribution is 5.78. The Morgan fingerprint density at radius 3 is 2.59 bits per heavy atom. The molecule has 1 heterocycles. The molecule has 0 bridgehead atoms. The maximum absolute atomic E-state index is 11.0. The van der Waals surface area contributed by atoms with Crippen LogP contribution in [0, 0.1) is 11.8 Å². The molecule has 1 saturated carbocycles. The van der Waals surface area contributed by atoms with Crippen molar-refractivity contribution in [2.45, 2.75) is 44.6 Å². The number of nitrogens with one attached hydrogen (secondary N) is 2. The average molecular weight is 240 g/mol. The number of hydrogen-bond donors (Lipinski definition) is 3. The Labute approximate surface area is 103 Å². The Balaban J connectivity index is 1.65. The highest BCUT2D eigenvalue weighted by atomic mass is 16.3. The summed E-state index contributed by atoms with van der Waals surface area (Å²) in [5.74, 6) is 1.28. The van der Waals surface area contributed by atoms with Crippen molar-refractivity contribution in [1.82, 2.24) is 10.6 Å². The lowest BCUT2D eigenvalue weighted by molar-refractivity contribution is -0.119. The van der Waals surface area contributed by atoms with Gasteiger partial charge in [0.2, 0.25) is 5.91 Å². The van der Waals surface area contributed by atoms with Gasteiger partial charge in [0.25, 0.3) is 0 Å². The van der Waals surface area contributed by atoms with E-state index in [0.717, 1.165) is 19.5 Å². The van der Waals surface area contributed by atoms with Gasteiger partial charge in [0.1, 0.15) is 0 Å². The fourth-order valence-corrected chi connectivity index (χ4v) is 3.07. The van der Waals surface area contributed by atoms with E-state index in [1.165, 1.54) is 25.7 Å². The molecule has 4 heteroatoms. The Morgan fingerprint density at radius 2 is 1.94 bits per heavy atom. The van der Waals surface area contributed by atoms with Crippen molar-refractivity contribution in [2.24, 2.45) is 11.8 Å². The number of amides is 1. The van der Waals surface area contributed by atoms with Crippen molar-refractivity contribution in [2.75, 3.05) is 19.7 Å². The van der Waals surface area contributed by atoms with Gasteiger partial charge in [-0.2, -0.15) is 0 Å². The van der Waals surface area contributed by atoms with Crippen LogP contribution in [0.3, 0.4) is 0 Å². The van der Waals surface area contributed by atoms with E-state index in [9.17, 15) is 9.90 Å². The zero-order valence-electron chi connectivity index (χ0n) is 10.5. The van der Waals surface area contributed by atoms with Crippen LogP contribution >= 0.6 is 0 Å². The minimum atomic E-state index is 0.183. The van der Waals surface area contributed by atoms with Crippen molar-refractivity contribution in [3.63, 3.8) is 0 Å². The molecule has 0 aromatic heterocycles. The van der Waals surface area contributed by atoms with E-state index in [0.29, 0.717) is 30.9 Å². The van der Waals surface area contributed by atoms with Gasteiger partial charge in [-0.25, -0.2) is 0 Å². The van der Waals surface area contributed by atoms with Crippen LogP contribution in [0.4, 0.5) is 0 Å². The van der Waals surface area contributed by atoms with Crippen LogP contribution < -0.4 is 10.6 Å². The van der Waals surface area contributed by atoms with Crippen LogP contribution in [0.2, 0.25) is 0 Å². The Hall–Kier alpha value is -0.610. The molecule has 4 nitrogen and oxygen atoms in total. The first-order valence-corrected chi connectivity index (χ1v) is 6.90. The smallest absolute Gasteiger partial charge is 0.220 e. The van der Waals surface area contributed by atoms with Gasteiger partial charge in [0.05, 0.1) is 0 Å². The summed E-state index contributed by atoms with van der Waals surface area (Å²) >= 11 is 0. The monoisotopic (exact) mass is 240 g/mol. The molecule has 3 unspecified atom stereocenters. The topological polar surface area (TPSA) is 61.4 Å².